The van der Waals surface area contributed by atoms with Crippen molar-refractivity contribution in [3.63, 3.8) is 0 Å². The minimum absolute atomic E-state index is 1.09. The van der Waals surface area contributed by atoms with E-state index in [0.29, 0.717) is 0 Å². The molecule has 0 bridgehead atoms. The molecule has 15 heavy (non-hydrogen) atoms. The topological polar surface area (TPSA) is 43.5 Å². The van der Waals surface area contributed by atoms with Crippen LogP contribution in [0.15, 0.2) is 10.7 Å². The second-order valence-electron chi connectivity index (χ2n) is 2.33. The Kier molecular flexibility index (Phi) is 2.49. The third kappa shape index (κ3) is 2.48. The number of hydrogen-bond acceptors (Lipinski definition) is 2. The van der Waals surface area contributed by atoms with Crippen LogP contribution in [-0.2, 0) is 4.79 Å². The van der Waals surface area contributed by atoms with Crippen LogP contribution in [0.2, 0.25) is 0 Å². The van der Waals surface area contributed by atoms with Crippen molar-refractivity contribution in [2.75, 3.05) is 0 Å². The highest BCUT2D eigenvalue weighted by atomic mass is 19.4. The lowest BCUT2D eigenvalue weighted by molar-refractivity contribution is -0.120. The molecule has 0 atom stereocenters. The maximum atomic E-state index is 11.9. The number of amides is 1. The van der Waals surface area contributed by atoms with E-state index in [0.717, 1.165) is 6.20 Å². The quantitative estimate of drug-likeness (QED) is 0.579. The molecule has 0 aromatic carbocycles. The van der Waals surface area contributed by atoms with Crippen molar-refractivity contribution in [3.8, 4) is 0 Å². The number of aliphatic imine (C=N–C) groups is 1. The first-order valence-electron chi connectivity index (χ1n) is 3.23. The van der Waals surface area contributed by atoms with Crippen LogP contribution in [0.4, 0.5) is 26.3 Å². The summed E-state index contributed by atoms with van der Waals surface area (Å²) in [5.41, 5.74) is -4.18. The van der Waals surface area contributed by atoms with E-state index < -0.39 is 29.7 Å². The standard InChI is InChI=1S/C6F6N2O/c7-5(8,9)2-1-13-4(15)3(14-2)6(10,11)12. The first kappa shape index (κ1) is 11.5. The van der Waals surface area contributed by atoms with Crippen LogP contribution in [0.1, 0.15) is 0 Å². The van der Waals surface area contributed by atoms with Crippen molar-refractivity contribution >= 4 is 11.6 Å². The van der Waals surface area contributed by atoms with E-state index in [1.165, 1.54) is 0 Å². The van der Waals surface area contributed by atoms with Crippen LogP contribution in [0.5, 0.6) is 0 Å². The van der Waals surface area contributed by atoms with Gasteiger partial charge in [0.25, 0.3) is 0 Å². The lowest BCUT2D eigenvalue weighted by Crippen LogP contribution is -2.38. The number of carbonyl (C=O) groups excluding carboxylic acids is 1. The Hall–Kier alpha value is -1.54. The van der Waals surface area contributed by atoms with Gasteiger partial charge in [-0.2, -0.15) is 26.3 Å². The van der Waals surface area contributed by atoms with Gasteiger partial charge in [-0.05, 0) is 0 Å². The molecule has 0 fully saturated rings. The summed E-state index contributed by atoms with van der Waals surface area (Å²) in [6.45, 7) is 0. The predicted molar refractivity (Wildman–Crippen MR) is 33.4 cm³/mol. The Morgan fingerprint density at radius 1 is 1.00 bits per heavy atom. The van der Waals surface area contributed by atoms with E-state index in [2.05, 4.69) is 10.3 Å². The van der Waals surface area contributed by atoms with E-state index in [1.807, 2.05) is 0 Å². The van der Waals surface area contributed by atoms with Crippen LogP contribution in [0.3, 0.4) is 0 Å². The fourth-order valence-electron chi connectivity index (χ4n) is 0.653. The van der Waals surface area contributed by atoms with Crippen molar-refractivity contribution in [1.82, 2.24) is 5.32 Å². The van der Waals surface area contributed by atoms with Gasteiger partial charge in [-0.25, -0.2) is 10.3 Å². The van der Waals surface area contributed by atoms with E-state index in [9.17, 15) is 31.1 Å². The van der Waals surface area contributed by atoms with Gasteiger partial charge in [-0.1, -0.05) is 0 Å². The van der Waals surface area contributed by atoms with Crippen molar-refractivity contribution in [2.45, 2.75) is 12.4 Å². The second-order valence-corrected chi connectivity index (χ2v) is 2.33. The monoisotopic (exact) mass is 230 g/mol. The number of hydrogen-bond donors (Lipinski definition) is 0. The molecule has 1 amide bonds. The van der Waals surface area contributed by atoms with Gasteiger partial charge < -0.3 is 0 Å². The van der Waals surface area contributed by atoms with E-state index >= 15 is 0 Å². The molecule has 0 aromatic rings. The van der Waals surface area contributed by atoms with Gasteiger partial charge in [-0.3, -0.25) is 4.79 Å². The van der Waals surface area contributed by atoms with Crippen LogP contribution < -0.4 is 5.32 Å². The van der Waals surface area contributed by atoms with Crippen LogP contribution in [0, 0.1) is 6.20 Å². The van der Waals surface area contributed by atoms with Gasteiger partial charge in [0.15, 0.2) is 5.70 Å². The molecule has 0 aliphatic carbocycles. The van der Waals surface area contributed by atoms with Crippen LogP contribution in [-0.4, -0.2) is 24.0 Å². The zero-order valence-corrected chi connectivity index (χ0v) is 6.57. The Labute approximate surface area is 78.5 Å². The van der Waals surface area contributed by atoms with Gasteiger partial charge in [0.1, 0.15) is 6.20 Å². The lowest BCUT2D eigenvalue weighted by Gasteiger charge is -2.14. The molecule has 82 valence electrons. The average Bonchev–Trinajstić information content (AvgIpc) is 2.00. The van der Waals surface area contributed by atoms with Crippen molar-refractivity contribution < 1.29 is 31.1 Å². The van der Waals surface area contributed by atoms with Gasteiger partial charge in [0, 0.05) is 0 Å². The summed E-state index contributed by atoms with van der Waals surface area (Å²) in [5.74, 6) is -1.89. The highest BCUT2D eigenvalue weighted by molar-refractivity contribution is 6.41. The first-order valence-corrected chi connectivity index (χ1v) is 3.23. The molecule has 1 rings (SSSR count). The van der Waals surface area contributed by atoms with Crippen molar-refractivity contribution in [3.05, 3.63) is 11.9 Å². The fraction of sp³-hybridized carbons (Fsp3) is 0.333. The summed E-state index contributed by atoms with van der Waals surface area (Å²) < 4.78 is 71.5. The smallest absolute Gasteiger partial charge is 0.265 e. The number of nitrogens with zero attached hydrogens (tertiary/aromatic N) is 2. The molecule has 0 N–H and O–H groups in total. The van der Waals surface area contributed by atoms with Gasteiger partial charge in [0.05, 0.1) is 0 Å². The number of halogens is 6. The zero-order chi connectivity index (χ0) is 11.9. The summed E-state index contributed by atoms with van der Waals surface area (Å²) in [5, 5.41) is 2.33. The van der Waals surface area contributed by atoms with E-state index in [-0.39, 0.29) is 0 Å². The summed E-state index contributed by atoms with van der Waals surface area (Å²) in [4.78, 5) is 12.6. The summed E-state index contributed by atoms with van der Waals surface area (Å²) in [7, 11) is 0. The molecule has 3 nitrogen and oxygen atoms in total. The molecule has 0 saturated heterocycles. The maximum absolute atomic E-state index is 11.9. The van der Waals surface area contributed by atoms with Crippen LogP contribution in [0.25, 0.3) is 0 Å². The molecular weight excluding hydrogens is 230 g/mol. The Bertz CT molecular complexity index is 350. The molecule has 1 aliphatic rings. The summed E-state index contributed by atoms with van der Waals surface area (Å²) in [6, 6.07) is 0. The number of alkyl halides is 6. The highest BCUT2D eigenvalue weighted by Gasteiger charge is 2.46. The maximum Gasteiger partial charge on any atom is 0.438 e. The Balaban J connectivity index is 3.11. The zero-order valence-electron chi connectivity index (χ0n) is 6.57. The minimum Gasteiger partial charge on any atom is -0.265 e. The van der Waals surface area contributed by atoms with Gasteiger partial charge in [-0.15, -0.1) is 0 Å². The Morgan fingerprint density at radius 2 is 1.53 bits per heavy atom. The lowest BCUT2D eigenvalue weighted by atomic mass is 10.3. The largest absolute Gasteiger partial charge is 0.438 e. The van der Waals surface area contributed by atoms with Crippen molar-refractivity contribution in [1.29, 1.82) is 0 Å². The molecule has 0 aromatic heterocycles. The fourth-order valence-corrected chi connectivity index (χ4v) is 0.653. The van der Waals surface area contributed by atoms with Gasteiger partial charge in [0.2, 0.25) is 5.71 Å². The molecular formula is C6F6N2O. The molecule has 1 heterocycles. The highest BCUT2D eigenvalue weighted by Crippen LogP contribution is 2.30. The second kappa shape index (κ2) is 3.24. The molecule has 0 saturated carbocycles. The normalized spacial score (nSPS) is 18.1. The van der Waals surface area contributed by atoms with Gasteiger partial charge >= 0.3 is 18.3 Å². The molecule has 2 radical (unpaired) electrons. The van der Waals surface area contributed by atoms with E-state index in [4.69, 9.17) is 0 Å². The molecule has 0 spiro atoms. The number of rotatable bonds is 0. The third-order valence-corrected chi connectivity index (χ3v) is 1.23. The number of carbonyl (C=O) groups is 1. The summed E-state index contributed by atoms with van der Waals surface area (Å²) in [6.07, 6.45) is -9.30. The third-order valence-electron chi connectivity index (χ3n) is 1.23. The molecule has 9 heteroatoms. The molecule has 1 aliphatic heterocycles. The average molecular weight is 230 g/mol. The summed E-state index contributed by atoms with van der Waals surface area (Å²) >= 11 is 0. The van der Waals surface area contributed by atoms with E-state index in [1.54, 1.807) is 0 Å². The number of allylic oxidation sites excluding steroid dienone is 1. The SMILES string of the molecule is O=C1[N][C]=C(C(F)(F)F)N=C1C(F)(F)F. The van der Waals surface area contributed by atoms with Crippen molar-refractivity contribution in [2.24, 2.45) is 4.99 Å². The predicted octanol–water partition coefficient (Wildman–Crippen LogP) is 1.34. The Morgan fingerprint density at radius 3 is 1.93 bits per heavy atom. The van der Waals surface area contributed by atoms with Crippen LogP contribution >= 0.6 is 0 Å². The molecule has 0 unspecified atom stereocenters. The first-order chi connectivity index (χ1) is 6.62. The minimum atomic E-state index is -5.26.